The van der Waals surface area contributed by atoms with Crippen LogP contribution >= 0.6 is 0 Å². The third-order valence-electron chi connectivity index (χ3n) is 2.97. The Labute approximate surface area is 105 Å². The van der Waals surface area contributed by atoms with Gasteiger partial charge in [0.25, 0.3) is 0 Å². The van der Waals surface area contributed by atoms with Crippen LogP contribution in [0, 0.1) is 11.3 Å². The third kappa shape index (κ3) is 5.01. The number of rotatable bonds is 7. The van der Waals surface area contributed by atoms with Crippen LogP contribution in [0.15, 0.2) is 30.3 Å². The Balaban J connectivity index is 2.58. The summed E-state index contributed by atoms with van der Waals surface area (Å²) in [5, 5.41) is 12.4. The number of nitriles is 1. The minimum Gasteiger partial charge on any atom is -0.307 e. The number of hydrogen-bond acceptors (Lipinski definition) is 2. The average molecular weight is 230 g/mol. The van der Waals surface area contributed by atoms with E-state index in [2.05, 4.69) is 37.4 Å². The molecule has 2 nitrogen and oxygen atoms in total. The lowest BCUT2D eigenvalue weighted by molar-refractivity contribution is 0.429. The average Bonchev–Trinajstić information content (AvgIpc) is 2.37. The van der Waals surface area contributed by atoms with Crippen LogP contribution in [0.4, 0.5) is 0 Å². The molecule has 1 N–H and O–H groups in total. The second-order valence-electron chi connectivity index (χ2n) is 4.54. The van der Waals surface area contributed by atoms with Crippen molar-refractivity contribution in [1.29, 1.82) is 5.26 Å². The van der Waals surface area contributed by atoms with E-state index in [1.165, 1.54) is 24.8 Å². The van der Waals surface area contributed by atoms with Crippen LogP contribution in [-0.4, -0.2) is 6.04 Å². The highest BCUT2D eigenvalue weighted by atomic mass is 14.9. The monoisotopic (exact) mass is 230 g/mol. The highest BCUT2D eigenvalue weighted by molar-refractivity contribution is 5.20. The molecule has 0 aliphatic carbocycles. The summed E-state index contributed by atoms with van der Waals surface area (Å²) in [4.78, 5) is 0. The summed E-state index contributed by atoms with van der Waals surface area (Å²) in [6, 6.07) is 13.1. The summed E-state index contributed by atoms with van der Waals surface area (Å²) in [6.07, 6.45) is 4.16. The molecule has 0 spiro atoms. The minimum absolute atomic E-state index is 0.160. The van der Waals surface area contributed by atoms with Gasteiger partial charge in [0.15, 0.2) is 0 Å². The van der Waals surface area contributed by atoms with Crippen molar-refractivity contribution in [2.75, 3.05) is 0 Å². The molecule has 1 rings (SSSR count). The Morgan fingerprint density at radius 1 is 1.29 bits per heavy atom. The van der Waals surface area contributed by atoms with Crippen LogP contribution in [0.2, 0.25) is 0 Å². The molecule has 17 heavy (non-hydrogen) atoms. The van der Waals surface area contributed by atoms with Gasteiger partial charge in [-0.1, -0.05) is 50.1 Å². The van der Waals surface area contributed by atoms with Crippen LogP contribution in [-0.2, 0) is 0 Å². The van der Waals surface area contributed by atoms with Gasteiger partial charge >= 0.3 is 0 Å². The van der Waals surface area contributed by atoms with Gasteiger partial charge in [0.1, 0.15) is 0 Å². The normalized spacial score (nSPS) is 13.9. The zero-order chi connectivity index (χ0) is 12.5. The van der Waals surface area contributed by atoms with E-state index in [1.54, 1.807) is 0 Å². The van der Waals surface area contributed by atoms with E-state index in [0.29, 0.717) is 12.5 Å². The van der Waals surface area contributed by atoms with Crippen LogP contribution in [0.25, 0.3) is 0 Å². The first-order valence-corrected chi connectivity index (χ1v) is 6.45. The summed E-state index contributed by atoms with van der Waals surface area (Å²) in [7, 11) is 0. The first kappa shape index (κ1) is 13.7. The minimum atomic E-state index is 0.160. The second-order valence-corrected chi connectivity index (χ2v) is 4.54. The van der Waals surface area contributed by atoms with Crippen molar-refractivity contribution < 1.29 is 0 Å². The fourth-order valence-electron chi connectivity index (χ4n) is 1.99. The van der Waals surface area contributed by atoms with E-state index in [0.717, 1.165) is 0 Å². The van der Waals surface area contributed by atoms with Gasteiger partial charge < -0.3 is 5.32 Å². The summed E-state index contributed by atoms with van der Waals surface area (Å²) < 4.78 is 0. The van der Waals surface area contributed by atoms with Gasteiger partial charge in [-0.2, -0.15) is 5.26 Å². The first-order chi connectivity index (χ1) is 8.27. The van der Waals surface area contributed by atoms with Crippen molar-refractivity contribution >= 4 is 0 Å². The molecule has 0 aliphatic heterocycles. The predicted octanol–water partition coefficient (Wildman–Crippen LogP) is 3.81. The summed E-state index contributed by atoms with van der Waals surface area (Å²) in [5.41, 5.74) is 1.21. The largest absolute Gasteiger partial charge is 0.307 e. The quantitative estimate of drug-likeness (QED) is 0.773. The topological polar surface area (TPSA) is 35.8 Å². The lowest BCUT2D eigenvalue weighted by Gasteiger charge is -2.21. The molecular formula is C15H22N2. The molecule has 0 aliphatic rings. The van der Waals surface area contributed by atoms with E-state index >= 15 is 0 Å². The standard InChI is InChI=1S/C15H22N2/c1-3-4-8-13(2)17-15(11-12-16)14-9-6-5-7-10-14/h5-7,9-10,13,15,17H,3-4,8,11H2,1-2H3. The van der Waals surface area contributed by atoms with Gasteiger partial charge in [-0.3, -0.25) is 0 Å². The predicted molar refractivity (Wildman–Crippen MR) is 71.5 cm³/mol. The molecular weight excluding hydrogens is 208 g/mol. The van der Waals surface area contributed by atoms with E-state index in [1.807, 2.05) is 18.2 Å². The molecule has 2 heteroatoms. The molecule has 0 amide bonds. The summed E-state index contributed by atoms with van der Waals surface area (Å²) in [6.45, 7) is 4.40. The number of benzene rings is 1. The first-order valence-electron chi connectivity index (χ1n) is 6.45. The number of nitrogens with one attached hydrogen (secondary N) is 1. The second kappa shape index (κ2) is 7.86. The number of nitrogens with zero attached hydrogens (tertiary/aromatic N) is 1. The highest BCUT2D eigenvalue weighted by Crippen LogP contribution is 2.17. The molecule has 2 unspecified atom stereocenters. The van der Waals surface area contributed by atoms with Gasteiger partial charge in [0, 0.05) is 12.1 Å². The van der Waals surface area contributed by atoms with Crippen molar-refractivity contribution in [3.05, 3.63) is 35.9 Å². The van der Waals surface area contributed by atoms with Crippen molar-refractivity contribution in [2.24, 2.45) is 0 Å². The van der Waals surface area contributed by atoms with Gasteiger partial charge in [-0.25, -0.2) is 0 Å². The van der Waals surface area contributed by atoms with E-state index in [-0.39, 0.29) is 6.04 Å². The lowest BCUT2D eigenvalue weighted by atomic mass is 10.0. The van der Waals surface area contributed by atoms with Crippen molar-refractivity contribution in [2.45, 2.75) is 51.6 Å². The Bertz CT molecular complexity index is 340. The zero-order valence-corrected chi connectivity index (χ0v) is 10.8. The molecule has 0 heterocycles. The number of hydrogen-bond donors (Lipinski definition) is 1. The van der Waals surface area contributed by atoms with Gasteiger partial charge in [0.2, 0.25) is 0 Å². The zero-order valence-electron chi connectivity index (χ0n) is 10.8. The fraction of sp³-hybridized carbons (Fsp3) is 0.533. The van der Waals surface area contributed by atoms with E-state index in [9.17, 15) is 0 Å². The molecule has 0 radical (unpaired) electrons. The SMILES string of the molecule is CCCCC(C)NC(CC#N)c1ccccc1. The van der Waals surface area contributed by atoms with Crippen molar-refractivity contribution in [3.63, 3.8) is 0 Å². The summed E-state index contributed by atoms with van der Waals surface area (Å²) in [5.74, 6) is 0. The van der Waals surface area contributed by atoms with Crippen LogP contribution in [0.3, 0.4) is 0 Å². The van der Waals surface area contributed by atoms with Gasteiger partial charge in [-0.15, -0.1) is 0 Å². The fourth-order valence-corrected chi connectivity index (χ4v) is 1.99. The van der Waals surface area contributed by atoms with Crippen molar-refractivity contribution in [3.8, 4) is 6.07 Å². The van der Waals surface area contributed by atoms with Crippen LogP contribution < -0.4 is 5.32 Å². The van der Waals surface area contributed by atoms with Crippen LogP contribution in [0.1, 0.15) is 51.1 Å². The molecule has 1 aromatic rings. The molecule has 0 fully saturated rings. The van der Waals surface area contributed by atoms with Crippen LogP contribution in [0.5, 0.6) is 0 Å². The molecule has 1 aromatic carbocycles. The maximum atomic E-state index is 8.90. The molecule has 92 valence electrons. The number of unbranched alkanes of at least 4 members (excludes halogenated alkanes) is 1. The molecule has 0 aromatic heterocycles. The van der Waals surface area contributed by atoms with Crippen molar-refractivity contribution in [1.82, 2.24) is 5.32 Å². The summed E-state index contributed by atoms with van der Waals surface area (Å²) >= 11 is 0. The Morgan fingerprint density at radius 2 is 2.00 bits per heavy atom. The van der Waals surface area contributed by atoms with E-state index < -0.39 is 0 Å². The third-order valence-corrected chi connectivity index (χ3v) is 2.97. The molecule has 0 saturated carbocycles. The Kier molecular flexibility index (Phi) is 6.35. The smallest absolute Gasteiger partial charge is 0.0641 e. The maximum absolute atomic E-state index is 8.90. The molecule has 0 saturated heterocycles. The van der Waals surface area contributed by atoms with Gasteiger partial charge in [-0.05, 0) is 18.9 Å². The molecule has 0 bridgehead atoms. The maximum Gasteiger partial charge on any atom is 0.0641 e. The highest BCUT2D eigenvalue weighted by Gasteiger charge is 2.13. The lowest BCUT2D eigenvalue weighted by Crippen LogP contribution is -2.30. The Hall–Kier alpha value is -1.33. The molecule has 2 atom stereocenters. The Morgan fingerprint density at radius 3 is 2.59 bits per heavy atom. The van der Waals surface area contributed by atoms with Gasteiger partial charge in [0.05, 0.1) is 12.5 Å². The van der Waals surface area contributed by atoms with E-state index in [4.69, 9.17) is 5.26 Å².